The van der Waals surface area contributed by atoms with Crippen LogP contribution in [0.25, 0.3) is 5.13 Å². The van der Waals surface area contributed by atoms with Crippen molar-refractivity contribution >= 4 is 11.5 Å². The summed E-state index contributed by atoms with van der Waals surface area (Å²) >= 11 is 1.34. The number of aromatic nitrogens is 4. The van der Waals surface area contributed by atoms with E-state index in [0.29, 0.717) is 0 Å². The first-order valence-corrected chi connectivity index (χ1v) is 4.35. The standard InChI is InChI=1S/C7H8N4S/c1-5-3-6(2)11(10-5)7-8-4-9-12-7/h3-4H,1-2H3. The maximum Gasteiger partial charge on any atom is 0.230 e. The van der Waals surface area contributed by atoms with E-state index in [1.165, 1.54) is 17.9 Å². The lowest BCUT2D eigenvalue weighted by atomic mass is 10.4. The summed E-state index contributed by atoms with van der Waals surface area (Å²) in [5.74, 6) is 0. The summed E-state index contributed by atoms with van der Waals surface area (Å²) in [7, 11) is 0. The van der Waals surface area contributed by atoms with Crippen molar-refractivity contribution in [2.75, 3.05) is 0 Å². The lowest BCUT2D eigenvalue weighted by Crippen LogP contribution is -1.97. The van der Waals surface area contributed by atoms with E-state index in [1.54, 1.807) is 4.68 Å². The van der Waals surface area contributed by atoms with Crippen molar-refractivity contribution < 1.29 is 0 Å². The zero-order chi connectivity index (χ0) is 8.55. The Morgan fingerprint density at radius 1 is 1.42 bits per heavy atom. The van der Waals surface area contributed by atoms with Crippen LogP contribution < -0.4 is 0 Å². The Hall–Kier alpha value is -1.23. The van der Waals surface area contributed by atoms with Crippen LogP contribution in [0.2, 0.25) is 0 Å². The Bertz CT molecular complexity index is 376. The van der Waals surface area contributed by atoms with Gasteiger partial charge in [0, 0.05) is 17.2 Å². The third kappa shape index (κ3) is 1.12. The SMILES string of the molecule is Cc1cc(C)n(-c2ncns2)n1. The van der Waals surface area contributed by atoms with Crippen LogP contribution >= 0.6 is 11.5 Å². The van der Waals surface area contributed by atoms with Gasteiger partial charge in [0.25, 0.3) is 0 Å². The summed E-state index contributed by atoms with van der Waals surface area (Å²) in [5.41, 5.74) is 2.09. The maximum absolute atomic E-state index is 4.28. The second-order valence-electron chi connectivity index (χ2n) is 2.56. The molecule has 0 bridgehead atoms. The van der Waals surface area contributed by atoms with Gasteiger partial charge in [-0.3, -0.25) is 0 Å². The quantitative estimate of drug-likeness (QED) is 0.665. The van der Waals surface area contributed by atoms with Gasteiger partial charge in [-0.15, -0.1) is 0 Å². The number of hydrogen-bond donors (Lipinski definition) is 0. The van der Waals surface area contributed by atoms with Gasteiger partial charge in [0.1, 0.15) is 6.33 Å². The summed E-state index contributed by atoms with van der Waals surface area (Å²) < 4.78 is 5.72. The molecule has 0 unspecified atom stereocenters. The summed E-state index contributed by atoms with van der Waals surface area (Å²) in [5, 5.41) is 5.10. The minimum Gasteiger partial charge on any atom is -0.209 e. The highest BCUT2D eigenvalue weighted by molar-refractivity contribution is 7.07. The highest BCUT2D eigenvalue weighted by Crippen LogP contribution is 2.11. The van der Waals surface area contributed by atoms with Gasteiger partial charge in [0.2, 0.25) is 5.13 Å². The molecule has 62 valence electrons. The molecule has 2 aromatic rings. The van der Waals surface area contributed by atoms with Gasteiger partial charge in [0.05, 0.1) is 5.69 Å². The summed E-state index contributed by atoms with van der Waals surface area (Å²) in [4.78, 5) is 4.07. The molecule has 12 heavy (non-hydrogen) atoms. The third-order valence-corrected chi connectivity index (χ3v) is 2.18. The predicted octanol–water partition coefficient (Wildman–Crippen LogP) is 1.34. The number of aryl methyl sites for hydroxylation is 2. The zero-order valence-corrected chi connectivity index (χ0v) is 7.67. The number of nitrogens with zero attached hydrogens (tertiary/aromatic N) is 4. The van der Waals surface area contributed by atoms with Crippen LogP contribution in [0.3, 0.4) is 0 Å². The Labute approximate surface area is 74.0 Å². The van der Waals surface area contributed by atoms with Crippen LogP contribution in [0.4, 0.5) is 0 Å². The zero-order valence-electron chi connectivity index (χ0n) is 6.85. The van der Waals surface area contributed by atoms with E-state index < -0.39 is 0 Å². The first-order valence-electron chi connectivity index (χ1n) is 3.57. The van der Waals surface area contributed by atoms with Crippen molar-refractivity contribution in [2.45, 2.75) is 13.8 Å². The summed E-state index contributed by atoms with van der Waals surface area (Å²) in [6, 6.07) is 2.02. The van der Waals surface area contributed by atoms with Crippen LogP contribution in [0.5, 0.6) is 0 Å². The van der Waals surface area contributed by atoms with E-state index in [9.17, 15) is 0 Å². The molecule has 0 atom stereocenters. The summed E-state index contributed by atoms with van der Waals surface area (Å²) in [6.07, 6.45) is 1.54. The molecular formula is C7H8N4S. The molecule has 2 heterocycles. The molecule has 5 heteroatoms. The van der Waals surface area contributed by atoms with Crippen molar-refractivity contribution in [1.29, 1.82) is 0 Å². The van der Waals surface area contributed by atoms with Crippen molar-refractivity contribution in [2.24, 2.45) is 0 Å². The molecule has 0 aliphatic carbocycles. The first-order chi connectivity index (χ1) is 5.77. The molecule has 0 spiro atoms. The van der Waals surface area contributed by atoms with E-state index in [2.05, 4.69) is 14.5 Å². The molecule has 4 nitrogen and oxygen atoms in total. The van der Waals surface area contributed by atoms with E-state index >= 15 is 0 Å². The molecule has 2 rings (SSSR count). The van der Waals surface area contributed by atoms with Crippen LogP contribution in [0.15, 0.2) is 12.4 Å². The van der Waals surface area contributed by atoms with Gasteiger partial charge in [-0.2, -0.15) is 9.47 Å². The summed E-state index contributed by atoms with van der Waals surface area (Å²) in [6.45, 7) is 3.96. The van der Waals surface area contributed by atoms with E-state index in [1.807, 2.05) is 19.9 Å². The first kappa shape index (κ1) is 7.42. The van der Waals surface area contributed by atoms with Crippen LogP contribution in [-0.2, 0) is 0 Å². The Morgan fingerprint density at radius 2 is 2.25 bits per heavy atom. The normalized spacial score (nSPS) is 10.5. The van der Waals surface area contributed by atoms with Crippen LogP contribution in [-0.4, -0.2) is 19.1 Å². The third-order valence-electron chi connectivity index (χ3n) is 1.54. The second kappa shape index (κ2) is 2.67. The average molecular weight is 180 g/mol. The van der Waals surface area contributed by atoms with Crippen LogP contribution in [0, 0.1) is 13.8 Å². The second-order valence-corrected chi connectivity index (χ2v) is 3.32. The fourth-order valence-corrected chi connectivity index (χ4v) is 1.63. The molecule has 2 aromatic heterocycles. The number of rotatable bonds is 1. The molecule has 0 radical (unpaired) electrons. The fraction of sp³-hybridized carbons (Fsp3) is 0.286. The lowest BCUT2D eigenvalue weighted by molar-refractivity contribution is 0.825. The molecular weight excluding hydrogens is 172 g/mol. The molecule has 0 aliphatic rings. The highest BCUT2D eigenvalue weighted by Gasteiger charge is 2.05. The van der Waals surface area contributed by atoms with Crippen LogP contribution in [0.1, 0.15) is 11.4 Å². The minimum atomic E-state index is 0.820. The van der Waals surface area contributed by atoms with Gasteiger partial charge in [-0.05, 0) is 19.9 Å². The topological polar surface area (TPSA) is 43.6 Å². The molecule has 0 saturated heterocycles. The smallest absolute Gasteiger partial charge is 0.209 e. The van der Waals surface area contributed by atoms with Gasteiger partial charge in [-0.25, -0.2) is 9.67 Å². The van der Waals surface area contributed by atoms with Crippen molar-refractivity contribution in [1.82, 2.24) is 19.1 Å². The molecule has 0 fully saturated rings. The molecule has 0 amide bonds. The van der Waals surface area contributed by atoms with Crippen molar-refractivity contribution in [3.8, 4) is 5.13 Å². The van der Waals surface area contributed by atoms with Gasteiger partial charge < -0.3 is 0 Å². The molecule has 0 N–H and O–H groups in total. The Balaban J connectivity index is 2.54. The average Bonchev–Trinajstić information content (AvgIpc) is 2.58. The van der Waals surface area contributed by atoms with E-state index in [-0.39, 0.29) is 0 Å². The van der Waals surface area contributed by atoms with E-state index in [0.717, 1.165) is 16.5 Å². The fourth-order valence-electron chi connectivity index (χ4n) is 1.08. The van der Waals surface area contributed by atoms with Gasteiger partial charge in [0.15, 0.2) is 0 Å². The highest BCUT2D eigenvalue weighted by atomic mass is 32.1. The monoisotopic (exact) mass is 180 g/mol. The lowest BCUT2D eigenvalue weighted by Gasteiger charge is -1.95. The predicted molar refractivity (Wildman–Crippen MR) is 46.5 cm³/mol. The molecule has 0 aliphatic heterocycles. The van der Waals surface area contributed by atoms with Gasteiger partial charge in [-0.1, -0.05) is 0 Å². The largest absolute Gasteiger partial charge is 0.230 e. The molecule has 0 saturated carbocycles. The Morgan fingerprint density at radius 3 is 2.75 bits per heavy atom. The minimum absolute atomic E-state index is 0.820. The Kier molecular flexibility index (Phi) is 1.65. The molecule has 0 aromatic carbocycles. The van der Waals surface area contributed by atoms with Crippen molar-refractivity contribution in [3.05, 3.63) is 23.8 Å². The van der Waals surface area contributed by atoms with Crippen molar-refractivity contribution in [3.63, 3.8) is 0 Å². The number of hydrogen-bond acceptors (Lipinski definition) is 4. The van der Waals surface area contributed by atoms with Gasteiger partial charge >= 0.3 is 0 Å². The van der Waals surface area contributed by atoms with E-state index in [4.69, 9.17) is 0 Å². The maximum atomic E-state index is 4.28.